The summed E-state index contributed by atoms with van der Waals surface area (Å²) in [6.45, 7) is 2.80. The van der Waals surface area contributed by atoms with Crippen molar-refractivity contribution in [3.63, 3.8) is 0 Å². The quantitative estimate of drug-likeness (QED) is 0.846. The van der Waals surface area contributed by atoms with Crippen LogP contribution in [0, 0.1) is 5.82 Å². The van der Waals surface area contributed by atoms with E-state index >= 15 is 0 Å². The average Bonchev–Trinajstić information content (AvgIpc) is 2.64. The molecule has 0 heterocycles. The standard InChI is InChI=1S/C13H17ClFN/c1-13(6-2-3-7-13)16-9-10-4-5-11(14)8-12(10)15/h4-5,8,16H,2-3,6-7,9H2,1H3. The van der Waals surface area contributed by atoms with Crippen LogP contribution in [-0.4, -0.2) is 5.54 Å². The minimum Gasteiger partial charge on any atom is -0.307 e. The number of rotatable bonds is 3. The zero-order valence-electron chi connectivity index (χ0n) is 9.52. The fourth-order valence-electron chi connectivity index (χ4n) is 2.31. The maximum Gasteiger partial charge on any atom is 0.129 e. The lowest BCUT2D eigenvalue weighted by molar-refractivity contribution is 0.359. The molecule has 1 N–H and O–H groups in total. The number of halogens is 2. The van der Waals surface area contributed by atoms with Gasteiger partial charge in [0.15, 0.2) is 0 Å². The van der Waals surface area contributed by atoms with Gasteiger partial charge >= 0.3 is 0 Å². The first-order valence-electron chi connectivity index (χ1n) is 5.78. The van der Waals surface area contributed by atoms with Crippen molar-refractivity contribution in [2.75, 3.05) is 0 Å². The molecule has 0 amide bonds. The Morgan fingerprint density at radius 2 is 2.06 bits per heavy atom. The van der Waals surface area contributed by atoms with Gasteiger partial charge in [0, 0.05) is 22.7 Å². The molecule has 0 radical (unpaired) electrons. The minimum atomic E-state index is -0.221. The Labute approximate surface area is 101 Å². The van der Waals surface area contributed by atoms with Crippen LogP contribution in [0.5, 0.6) is 0 Å². The van der Waals surface area contributed by atoms with Crippen molar-refractivity contribution in [3.05, 3.63) is 34.6 Å². The smallest absolute Gasteiger partial charge is 0.129 e. The Hall–Kier alpha value is -0.600. The Bertz CT molecular complexity index is 372. The van der Waals surface area contributed by atoms with Crippen LogP contribution in [0.4, 0.5) is 4.39 Å². The van der Waals surface area contributed by atoms with E-state index in [0.29, 0.717) is 17.1 Å². The molecule has 0 unspecified atom stereocenters. The van der Waals surface area contributed by atoms with Crippen LogP contribution in [0.2, 0.25) is 5.02 Å². The molecule has 88 valence electrons. The largest absolute Gasteiger partial charge is 0.307 e. The van der Waals surface area contributed by atoms with Crippen LogP contribution in [0.1, 0.15) is 38.2 Å². The van der Waals surface area contributed by atoms with Crippen molar-refractivity contribution >= 4 is 11.6 Å². The van der Waals surface area contributed by atoms with E-state index in [0.717, 1.165) is 0 Å². The van der Waals surface area contributed by atoms with Gasteiger partial charge < -0.3 is 5.32 Å². The summed E-state index contributed by atoms with van der Waals surface area (Å²) in [5, 5.41) is 3.90. The molecular formula is C13H17ClFN. The van der Waals surface area contributed by atoms with Crippen LogP contribution < -0.4 is 5.32 Å². The van der Waals surface area contributed by atoms with Gasteiger partial charge in [0.05, 0.1) is 0 Å². The summed E-state index contributed by atoms with van der Waals surface area (Å²) in [6.07, 6.45) is 4.91. The lowest BCUT2D eigenvalue weighted by Gasteiger charge is -2.25. The monoisotopic (exact) mass is 241 g/mol. The van der Waals surface area contributed by atoms with Crippen LogP contribution in [0.3, 0.4) is 0 Å². The summed E-state index contributed by atoms with van der Waals surface area (Å²) in [5.74, 6) is -0.221. The third-order valence-corrected chi connectivity index (χ3v) is 3.66. The molecule has 3 heteroatoms. The normalized spacial score (nSPS) is 18.9. The third-order valence-electron chi connectivity index (χ3n) is 3.43. The number of hydrogen-bond donors (Lipinski definition) is 1. The topological polar surface area (TPSA) is 12.0 Å². The van der Waals surface area contributed by atoms with Gasteiger partial charge in [-0.2, -0.15) is 0 Å². The van der Waals surface area contributed by atoms with Gasteiger partial charge in [-0.05, 0) is 31.9 Å². The van der Waals surface area contributed by atoms with E-state index in [1.54, 1.807) is 12.1 Å². The van der Waals surface area contributed by atoms with Crippen LogP contribution in [0.25, 0.3) is 0 Å². The van der Waals surface area contributed by atoms with Crippen molar-refractivity contribution in [2.45, 2.75) is 44.7 Å². The second kappa shape index (κ2) is 4.72. The Morgan fingerprint density at radius 1 is 1.38 bits per heavy atom. The van der Waals surface area contributed by atoms with Crippen LogP contribution in [-0.2, 0) is 6.54 Å². The molecule has 1 nitrogen and oxygen atoms in total. The van der Waals surface area contributed by atoms with E-state index in [1.807, 2.05) is 0 Å². The molecular weight excluding hydrogens is 225 g/mol. The SMILES string of the molecule is CC1(NCc2ccc(Cl)cc2F)CCCC1. The van der Waals surface area contributed by atoms with Crippen LogP contribution in [0.15, 0.2) is 18.2 Å². The highest BCUT2D eigenvalue weighted by atomic mass is 35.5. The minimum absolute atomic E-state index is 0.187. The molecule has 0 aromatic heterocycles. The molecule has 2 rings (SSSR count). The van der Waals surface area contributed by atoms with E-state index in [9.17, 15) is 4.39 Å². The molecule has 16 heavy (non-hydrogen) atoms. The molecule has 1 fully saturated rings. The second-order valence-corrected chi connectivity index (χ2v) is 5.29. The summed E-state index contributed by atoms with van der Waals surface area (Å²) < 4.78 is 13.5. The predicted molar refractivity (Wildman–Crippen MR) is 65.1 cm³/mol. The number of benzene rings is 1. The molecule has 1 aliphatic rings. The highest BCUT2D eigenvalue weighted by Gasteiger charge is 2.27. The van der Waals surface area contributed by atoms with Crippen molar-refractivity contribution in [2.24, 2.45) is 0 Å². The third kappa shape index (κ3) is 2.74. The van der Waals surface area contributed by atoms with Gasteiger partial charge in [-0.3, -0.25) is 0 Å². The van der Waals surface area contributed by atoms with Crippen molar-refractivity contribution < 1.29 is 4.39 Å². The molecule has 0 aliphatic heterocycles. The summed E-state index contributed by atoms with van der Waals surface area (Å²) in [6, 6.07) is 4.86. The first kappa shape index (κ1) is 11.9. The Morgan fingerprint density at radius 3 is 2.69 bits per heavy atom. The van der Waals surface area contributed by atoms with Crippen LogP contribution >= 0.6 is 11.6 Å². The molecule has 0 atom stereocenters. The van der Waals surface area contributed by atoms with Gasteiger partial charge in [0.1, 0.15) is 5.82 Å². The molecule has 0 saturated heterocycles. The molecule has 1 aliphatic carbocycles. The van der Waals surface area contributed by atoms with Gasteiger partial charge in [-0.15, -0.1) is 0 Å². The van der Waals surface area contributed by atoms with E-state index in [2.05, 4.69) is 12.2 Å². The lowest BCUT2D eigenvalue weighted by atomic mass is 10.0. The fraction of sp³-hybridized carbons (Fsp3) is 0.538. The molecule has 0 spiro atoms. The van der Waals surface area contributed by atoms with E-state index in [-0.39, 0.29) is 11.4 Å². The maximum atomic E-state index is 13.5. The highest BCUT2D eigenvalue weighted by molar-refractivity contribution is 6.30. The number of hydrogen-bond acceptors (Lipinski definition) is 1. The van der Waals surface area contributed by atoms with Crippen molar-refractivity contribution in [1.29, 1.82) is 0 Å². The summed E-state index contributed by atoms with van der Waals surface area (Å²) in [5.41, 5.74) is 0.879. The van der Waals surface area contributed by atoms with Gasteiger partial charge in [-0.25, -0.2) is 4.39 Å². The van der Waals surface area contributed by atoms with E-state index in [4.69, 9.17) is 11.6 Å². The maximum absolute atomic E-state index is 13.5. The number of nitrogens with one attached hydrogen (secondary N) is 1. The predicted octanol–water partition coefficient (Wildman–Crippen LogP) is 3.90. The zero-order valence-corrected chi connectivity index (χ0v) is 10.3. The van der Waals surface area contributed by atoms with Crippen molar-refractivity contribution in [1.82, 2.24) is 5.32 Å². The first-order valence-corrected chi connectivity index (χ1v) is 6.16. The van der Waals surface area contributed by atoms with Gasteiger partial charge in [0.2, 0.25) is 0 Å². The van der Waals surface area contributed by atoms with Gasteiger partial charge in [0.25, 0.3) is 0 Å². The average molecular weight is 242 g/mol. The van der Waals surface area contributed by atoms with Crippen molar-refractivity contribution in [3.8, 4) is 0 Å². The fourth-order valence-corrected chi connectivity index (χ4v) is 2.46. The Balaban J connectivity index is 1.99. The lowest BCUT2D eigenvalue weighted by Crippen LogP contribution is -2.38. The van der Waals surface area contributed by atoms with E-state index < -0.39 is 0 Å². The van der Waals surface area contributed by atoms with E-state index in [1.165, 1.54) is 31.7 Å². The molecule has 1 aromatic carbocycles. The molecule has 1 aromatic rings. The first-order chi connectivity index (χ1) is 7.59. The highest BCUT2D eigenvalue weighted by Crippen LogP contribution is 2.29. The second-order valence-electron chi connectivity index (χ2n) is 4.86. The summed E-state index contributed by atoms with van der Waals surface area (Å²) >= 11 is 5.71. The Kier molecular flexibility index (Phi) is 3.50. The summed E-state index contributed by atoms with van der Waals surface area (Å²) in [7, 11) is 0. The molecule has 0 bridgehead atoms. The van der Waals surface area contributed by atoms with Gasteiger partial charge in [-0.1, -0.05) is 30.5 Å². The molecule has 1 saturated carbocycles. The zero-order chi connectivity index (χ0) is 11.6. The summed E-state index contributed by atoms with van der Waals surface area (Å²) in [4.78, 5) is 0.